The molecule has 6 nitrogen and oxygen atoms in total. The smallest absolute Gasteiger partial charge is 0.325 e. The average Bonchev–Trinajstić information content (AvgIpc) is 2.88. The number of rotatable bonds is 4. The lowest BCUT2D eigenvalue weighted by Gasteiger charge is -2.11. The van der Waals surface area contributed by atoms with Crippen LogP contribution in [-0.2, 0) is 4.79 Å². The van der Waals surface area contributed by atoms with Crippen LogP contribution in [0.4, 0.5) is 0 Å². The summed E-state index contributed by atoms with van der Waals surface area (Å²) in [5.41, 5.74) is 1.08. The molecule has 2 rings (SSSR count). The summed E-state index contributed by atoms with van der Waals surface area (Å²) < 4.78 is 1.60. The van der Waals surface area contributed by atoms with E-state index in [0.29, 0.717) is 5.69 Å². The number of hydrogen-bond acceptors (Lipinski definition) is 3. The maximum atomic E-state index is 12.0. The molecule has 0 bridgehead atoms. The highest BCUT2D eigenvalue weighted by molar-refractivity contribution is 5.95. The number of carbonyl (C=O) groups excluding carboxylic acids is 1. The molecule has 0 saturated carbocycles. The van der Waals surface area contributed by atoms with Gasteiger partial charge in [-0.25, -0.2) is 4.98 Å². The molecule has 0 fully saturated rings. The summed E-state index contributed by atoms with van der Waals surface area (Å²) in [5, 5.41) is 11.2. The Hall–Kier alpha value is -2.63. The Morgan fingerprint density at radius 3 is 2.63 bits per heavy atom. The number of aromatic nitrogens is 2. The molecular formula is C13H13N3O3. The first-order valence-corrected chi connectivity index (χ1v) is 5.71. The summed E-state index contributed by atoms with van der Waals surface area (Å²) in [7, 11) is 0. The van der Waals surface area contributed by atoms with E-state index >= 15 is 0 Å². The molecule has 0 aliphatic heterocycles. The van der Waals surface area contributed by atoms with Gasteiger partial charge in [-0.05, 0) is 19.1 Å². The number of nitrogens with one attached hydrogen (secondary N) is 1. The van der Waals surface area contributed by atoms with Crippen molar-refractivity contribution < 1.29 is 14.7 Å². The summed E-state index contributed by atoms with van der Waals surface area (Å²) in [5.74, 6) is -1.56. The normalized spacial score (nSPS) is 11.8. The van der Waals surface area contributed by atoms with Crippen molar-refractivity contribution in [2.45, 2.75) is 13.0 Å². The lowest BCUT2D eigenvalue weighted by atomic mass is 10.3. The summed E-state index contributed by atoms with van der Waals surface area (Å²) in [6.45, 7) is 1.41. The molecule has 6 heteroatoms. The van der Waals surface area contributed by atoms with E-state index in [0.717, 1.165) is 5.69 Å². The summed E-state index contributed by atoms with van der Waals surface area (Å²) in [6.07, 6.45) is 2.91. The SMILES string of the molecule is CC(NC(=O)c1cncn1-c1ccccc1)C(=O)O. The van der Waals surface area contributed by atoms with Gasteiger partial charge in [0, 0.05) is 5.69 Å². The van der Waals surface area contributed by atoms with Gasteiger partial charge in [-0.1, -0.05) is 18.2 Å². The van der Waals surface area contributed by atoms with E-state index in [-0.39, 0.29) is 0 Å². The van der Waals surface area contributed by atoms with Crippen molar-refractivity contribution in [1.29, 1.82) is 0 Å². The topological polar surface area (TPSA) is 84.2 Å². The summed E-state index contributed by atoms with van der Waals surface area (Å²) >= 11 is 0. The molecule has 0 aliphatic rings. The first kappa shape index (κ1) is 12.8. The second-order valence-corrected chi connectivity index (χ2v) is 4.02. The fraction of sp³-hybridized carbons (Fsp3) is 0.154. The monoisotopic (exact) mass is 259 g/mol. The Bertz CT molecular complexity index is 592. The van der Waals surface area contributed by atoms with Crippen LogP contribution >= 0.6 is 0 Å². The van der Waals surface area contributed by atoms with E-state index in [9.17, 15) is 9.59 Å². The average molecular weight is 259 g/mol. The molecule has 98 valence electrons. The fourth-order valence-electron chi connectivity index (χ4n) is 1.59. The molecule has 0 aliphatic carbocycles. The molecular weight excluding hydrogens is 246 g/mol. The first-order chi connectivity index (χ1) is 9.09. The molecule has 0 radical (unpaired) electrons. The van der Waals surface area contributed by atoms with Gasteiger partial charge >= 0.3 is 5.97 Å². The zero-order chi connectivity index (χ0) is 13.8. The highest BCUT2D eigenvalue weighted by Gasteiger charge is 2.18. The predicted molar refractivity (Wildman–Crippen MR) is 68.1 cm³/mol. The maximum Gasteiger partial charge on any atom is 0.325 e. The minimum absolute atomic E-state index is 0.291. The van der Waals surface area contributed by atoms with Crippen molar-refractivity contribution >= 4 is 11.9 Å². The lowest BCUT2D eigenvalue weighted by Crippen LogP contribution is -2.39. The number of benzene rings is 1. The largest absolute Gasteiger partial charge is 0.480 e. The molecule has 1 unspecified atom stereocenters. The van der Waals surface area contributed by atoms with E-state index in [1.165, 1.54) is 19.4 Å². The Kier molecular flexibility index (Phi) is 3.61. The van der Waals surface area contributed by atoms with Gasteiger partial charge in [0.2, 0.25) is 0 Å². The van der Waals surface area contributed by atoms with Gasteiger partial charge in [0.1, 0.15) is 11.7 Å². The van der Waals surface area contributed by atoms with Gasteiger partial charge in [0.25, 0.3) is 5.91 Å². The second-order valence-electron chi connectivity index (χ2n) is 4.02. The number of carboxylic acids is 1. The Labute approximate surface area is 109 Å². The number of nitrogens with zero attached hydrogens (tertiary/aromatic N) is 2. The standard InChI is InChI=1S/C13H13N3O3/c1-9(13(18)19)15-12(17)11-7-14-8-16(11)10-5-3-2-4-6-10/h2-9H,1H3,(H,15,17)(H,18,19). The zero-order valence-electron chi connectivity index (χ0n) is 10.3. The number of aliphatic carboxylic acids is 1. The predicted octanol–water partition coefficient (Wildman–Crippen LogP) is 1.08. The molecule has 2 aromatic rings. The van der Waals surface area contributed by atoms with Crippen LogP contribution in [0.25, 0.3) is 5.69 Å². The van der Waals surface area contributed by atoms with Gasteiger partial charge in [-0.3, -0.25) is 14.2 Å². The van der Waals surface area contributed by atoms with Gasteiger partial charge in [-0.15, -0.1) is 0 Å². The van der Waals surface area contributed by atoms with Crippen molar-refractivity contribution in [2.75, 3.05) is 0 Å². The Morgan fingerprint density at radius 1 is 1.32 bits per heavy atom. The summed E-state index contributed by atoms with van der Waals surface area (Å²) in [6, 6.07) is 8.27. The van der Waals surface area contributed by atoms with E-state index in [1.54, 1.807) is 4.57 Å². The lowest BCUT2D eigenvalue weighted by molar-refractivity contribution is -0.138. The first-order valence-electron chi connectivity index (χ1n) is 5.71. The zero-order valence-corrected chi connectivity index (χ0v) is 10.3. The van der Waals surface area contributed by atoms with Crippen molar-refractivity contribution in [1.82, 2.24) is 14.9 Å². The molecule has 1 amide bonds. The molecule has 1 atom stereocenters. The van der Waals surface area contributed by atoms with Gasteiger partial charge in [0.15, 0.2) is 0 Å². The molecule has 1 heterocycles. The molecule has 0 saturated heterocycles. The van der Waals surface area contributed by atoms with Gasteiger partial charge < -0.3 is 10.4 Å². The fourth-order valence-corrected chi connectivity index (χ4v) is 1.59. The molecule has 1 aromatic heterocycles. The third-order valence-electron chi connectivity index (χ3n) is 2.62. The van der Waals surface area contributed by atoms with Crippen LogP contribution in [0, 0.1) is 0 Å². The highest BCUT2D eigenvalue weighted by atomic mass is 16.4. The van der Waals surface area contributed by atoms with Crippen LogP contribution in [0.1, 0.15) is 17.4 Å². The molecule has 0 spiro atoms. The quantitative estimate of drug-likeness (QED) is 0.860. The van der Waals surface area contributed by atoms with Gasteiger partial charge in [-0.2, -0.15) is 0 Å². The van der Waals surface area contributed by atoms with Gasteiger partial charge in [0.05, 0.1) is 12.5 Å². The maximum absolute atomic E-state index is 12.0. The van der Waals surface area contributed by atoms with Crippen LogP contribution in [0.5, 0.6) is 0 Å². The number of carboxylic acid groups (broad SMARTS) is 1. The van der Waals surface area contributed by atoms with Crippen molar-refractivity contribution in [3.05, 3.63) is 48.5 Å². The van der Waals surface area contributed by atoms with E-state index in [2.05, 4.69) is 10.3 Å². The van der Waals surface area contributed by atoms with Crippen LogP contribution < -0.4 is 5.32 Å². The van der Waals surface area contributed by atoms with E-state index in [1.807, 2.05) is 30.3 Å². The minimum Gasteiger partial charge on any atom is -0.480 e. The number of para-hydroxylation sites is 1. The van der Waals surface area contributed by atoms with Crippen molar-refractivity contribution in [3.63, 3.8) is 0 Å². The third kappa shape index (κ3) is 2.79. The number of amides is 1. The second kappa shape index (κ2) is 5.34. The van der Waals surface area contributed by atoms with Crippen LogP contribution in [0.15, 0.2) is 42.9 Å². The Morgan fingerprint density at radius 2 is 2.00 bits per heavy atom. The number of carbonyl (C=O) groups is 2. The number of imidazole rings is 1. The third-order valence-corrected chi connectivity index (χ3v) is 2.62. The van der Waals surface area contributed by atoms with Crippen LogP contribution in [-0.4, -0.2) is 32.6 Å². The molecule has 1 aromatic carbocycles. The Balaban J connectivity index is 2.25. The number of hydrogen-bond donors (Lipinski definition) is 2. The van der Waals surface area contributed by atoms with Crippen LogP contribution in [0.2, 0.25) is 0 Å². The van der Waals surface area contributed by atoms with E-state index < -0.39 is 17.9 Å². The van der Waals surface area contributed by atoms with Crippen LogP contribution in [0.3, 0.4) is 0 Å². The highest BCUT2D eigenvalue weighted by Crippen LogP contribution is 2.10. The molecule has 19 heavy (non-hydrogen) atoms. The minimum atomic E-state index is -1.08. The van der Waals surface area contributed by atoms with Crippen molar-refractivity contribution in [2.24, 2.45) is 0 Å². The molecule has 2 N–H and O–H groups in total. The van der Waals surface area contributed by atoms with E-state index in [4.69, 9.17) is 5.11 Å². The van der Waals surface area contributed by atoms with Crippen molar-refractivity contribution in [3.8, 4) is 5.69 Å². The summed E-state index contributed by atoms with van der Waals surface area (Å²) in [4.78, 5) is 26.6.